The first-order chi connectivity index (χ1) is 12.5. The van der Waals surface area contributed by atoms with Crippen LogP contribution >= 0.6 is 11.6 Å². The number of carboxylic acids is 1. The van der Waals surface area contributed by atoms with Crippen molar-refractivity contribution in [3.8, 4) is 0 Å². The van der Waals surface area contributed by atoms with Gasteiger partial charge in [0, 0.05) is 27.7 Å². The highest BCUT2D eigenvalue weighted by molar-refractivity contribution is 6.30. The summed E-state index contributed by atoms with van der Waals surface area (Å²) in [6.45, 7) is 1.81. The first-order valence-corrected chi connectivity index (χ1v) is 8.22. The van der Waals surface area contributed by atoms with Crippen LogP contribution in [0.5, 0.6) is 0 Å². The Hall–Kier alpha value is -3.25. The number of nitrogens with zero attached hydrogens (tertiary/aromatic N) is 3. The first kappa shape index (κ1) is 16.2. The highest BCUT2D eigenvalue weighted by Crippen LogP contribution is 2.30. The van der Waals surface area contributed by atoms with E-state index in [0.717, 1.165) is 16.5 Å². The Balaban J connectivity index is 1.98. The third-order valence-electron chi connectivity index (χ3n) is 3.99. The molecule has 0 unspecified atom stereocenters. The van der Waals surface area contributed by atoms with Crippen molar-refractivity contribution in [1.29, 1.82) is 0 Å². The Morgan fingerprint density at radius 2 is 1.96 bits per heavy atom. The molecule has 0 aliphatic heterocycles. The number of carbonyl (C=O) groups is 1. The van der Waals surface area contributed by atoms with E-state index in [0.29, 0.717) is 27.7 Å². The van der Waals surface area contributed by atoms with Gasteiger partial charge in [0.1, 0.15) is 11.3 Å². The van der Waals surface area contributed by atoms with Crippen LogP contribution in [0, 0.1) is 6.92 Å². The predicted octanol–water partition coefficient (Wildman–Crippen LogP) is 4.58. The van der Waals surface area contributed by atoms with Crippen molar-refractivity contribution in [2.24, 2.45) is 0 Å². The summed E-state index contributed by atoms with van der Waals surface area (Å²) in [4.78, 5) is 24.7. The van der Waals surface area contributed by atoms with Crippen molar-refractivity contribution in [2.45, 2.75) is 6.92 Å². The molecule has 4 aromatic rings. The van der Waals surface area contributed by atoms with E-state index in [9.17, 15) is 9.90 Å². The summed E-state index contributed by atoms with van der Waals surface area (Å²) in [6, 6.07) is 12.1. The number of benzene rings is 2. The number of rotatable bonds is 3. The van der Waals surface area contributed by atoms with Crippen molar-refractivity contribution in [2.75, 3.05) is 5.32 Å². The third kappa shape index (κ3) is 2.91. The first-order valence-electron chi connectivity index (χ1n) is 7.84. The van der Waals surface area contributed by atoms with Crippen LogP contribution < -0.4 is 5.32 Å². The lowest BCUT2D eigenvalue weighted by molar-refractivity contribution is 0.0697. The molecule has 2 aromatic carbocycles. The molecule has 6 nitrogen and oxygen atoms in total. The van der Waals surface area contributed by atoms with Gasteiger partial charge in [-0.1, -0.05) is 23.7 Å². The number of hydrogen-bond donors (Lipinski definition) is 2. The van der Waals surface area contributed by atoms with Crippen LogP contribution in [-0.4, -0.2) is 26.0 Å². The fourth-order valence-corrected chi connectivity index (χ4v) is 2.99. The zero-order valence-corrected chi connectivity index (χ0v) is 14.4. The Morgan fingerprint density at radius 1 is 1.12 bits per heavy atom. The van der Waals surface area contributed by atoms with Gasteiger partial charge in [-0.2, -0.15) is 0 Å². The molecule has 0 aliphatic carbocycles. The van der Waals surface area contributed by atoms with Crippen LogP contribution in [0.25, 0.3) is 21.8 Å². The van der Waals surface area contributed by atoms with Crippen molar-refractivity contribution >= 4 is 50.9 Å². The maximum Gasteiger partial charge on any atom is 0.335 e. The molecule has 2 N–H and O–H groups in total. The Labute approximate surface area is 153 Å². The van der Waals surface area contributed by atoms with E-state index in [-0.39, 0.29) is 5.56 Å². The van der Waals surface area contributed by atoms with Crippen molar-refractivity contribution in [3.05, 3.63) is 65.1 Å². The lowest BCUT2D eigenvalue weighted by atomic mass is 10.1. The fourth-order valence-electron chi connectivity index (χ4n) is 2.80. The lowest BCUT2D eigenvalue weighted by Crippen LogP contribution is -2.01. The monoisotopic (exact) mass is 364 g/mol. The second kappa shape index (κ2) is 6.24. The van der Waals surface area contributed by atoms with Gasteiger partial charge in [0.25, 0.3) is 0 Å². The van der Waals surface area contributed by atoms with Crippen LogP contribution in [-0.2, 0) is 0 Å². The van der Waals surface area contributed by atoms with Gasteiger partial charge in [-0.25, -0.2) is 19.7 Å². The van der Waals surface area contributed by atoms with Crippen LogP contribution in [0.15, 0.2) is 48.7 Å². The second-order valence-electron chi connectivity index (χ2n) is 5.81. The largest absolute Gasteiger partial charge is 0.478 e. The number of hydrogen-bond acceptors (Lipinski definition) is 5. The molecular formula is C19H13ClN4O2. The van der Waals surface area contributed by atoms with Gasteiger partial charge in [0.2, 0.25) is 0 Å². The van der Waals surface area contributed by atoms with Gasteiger partial charge in [0.05, 0.1) is 11.1 Å². The minimum Gasteiger partial charge on any atom is -0.478 e. The summed E-state index contributed by atoms with van der Waals surface area (Å²) in [6.07, 6.45) is 1.73. The van der Waals surface area contributed by atoms with Gasteiger partial charge in [-0.3, -0.25) is 0 Å². The van der Waals surface area contributed by atoms with Crippen LogP contribution in [0.1, 0.15) is 16.2 Å². The molecule has 0 fully saturated rings. The van der Waals surface area contributed by atoms with Crippen LogP contribution in [0.4, 0.5) is 11.5 Å². The quantitative estimate of drug-likeness (QED) is 0.517. The van der Waals surface area contributed by atoms with Gasteiger partial charge < -0.3 is 10.4 Å². The van der Waals surface area contributed by atoms with Crippen molar-refractivity contribution in [1.82, 2.24) is 15.0 Å². The highest BCUT2D eigenvalue weighted by atomic mass is 35.5. The highest BCUT2D eigenvalue weighted by Gasteiger charge is 2.13. The van der Waals surface area contributed by atoms with Gasteiger partial charge in [-0.05, 0) is 37.3 Å². The molecule has 0 aliphatic rings. The van der Waals surface area contributed by atoms with Gasteiger partial charge in [0.15, 0.2) is 5.82 Å². The molecule has 0 radical (unpaired) electrons. The Kier molecular flexibility index (Phi) is 3.89. The molecule has 0 atom stereocenters. The maximum absolute atomic E-state index is 11.3. The predicted molar refractivity (Wildman–Crippen MR) is 101 cm³/mol. The van der Waals surface area contributed by atoms with E-state index in [1.54, 1.807) is 43.5 Å². The smallest absolute Gasteiger partial charge is 0.335 e. The SMILES string of the molecule is Cc1ncc2c(n1)c(Nc1cccc(Cl)c1)nc1cc(C(=O)O)ccc12. The number of pyridine rings is 1. The van der Waals surface area contributed by atoms with E-state index in [1.807, 2.05) is 12.1 Å². The summed E-state index contributed by atoms with van der Waals surface area (Å²) in [5.41, 5.74) is 2.14. The summed E-state index contributed by atoms with van der Waals surface area (Å²) in [5, 5.41) is 14.7. The fraction of sp³-hybridized carbons (Fsp3) is 0.0526. The summed E-state index contributed by atoms with van der Waals surface area (Å²) in [7, 11) is 0. The average molecular weight is 365 g/mol. The average Bonchev–Trinajstić information content (AvgIpc) is 2.61. The van der Waals surface area contributed by atoms with Crippen molar-refractivity contribution in [3.63, 3.8) is 0 Å². The molecule has 128 valence electrons. The number of aromatic nitrogens is 3. The van der Waals surface area contributed by atoms with Crippen molar-refractivity contribution < 1.29 is 9.90 Å². The van der Waals surface area contributed by atoms with Crippen LogP contribution in [0.2, 0.25) is 5.02 Å². The topological polar surface area (TPSA) is 88.0 Å². The zero-order valence-electron chi connectivity index (χ0n) is 13.7. The molecule has 0 amide bonds. The molecule has 7 heteroatoms. The van der Waals surface area contributed by atoms with Crippen LogP contribution in [0.3, 0.4) is 0 Å². The number of fused-ring (bicyclic) bond motifs is 3. The summed E-state index contributed by atoms with van der Waals surface area (Å²) >= 11 is 6.05. The number of carboxylic acid groups (broad SMARTS) is 1. The Bertz CT molecular complexity index is 1180. The van der Waals surface area contributed by atoms with E-state index >= 15 is 0 Å². The number of halogens is 1. The molecule has 0 saturated carbocycles. The molecule has 2 aromatic heterocycles. The molecule has 4 rings (SSSR count). The van der Waals surface area contributed by atoms with Gasteiger partial charge in [-0.15, -0.1) is 0 Å². The number of aryl methyl sites for hydroxylation is 1. The van der Waals surface area contributed by atoms with E-state index in [1.165, 1.54) is 0 Å². The summed E-state index contributed by atoms with van der Waals surface area (Å²) in [5.74, 6) is 0.135. The zero-order chi connectivity index (χ0) is 18.3. The lowest BCUT2D eigenvalue weighted by Gasteiger charge is -2.12. The molecule has 26 heavy (non-hydrogen) atoms. The Morgan fingerprint density at radius 3 is 2.73 bits per heavy atom. The minimum atomic E-state index is -1.00. The van der Waals surface area contributed by atoms with E-state index in [4.69, 9.17) is 11.6 Å². The molecule has 0 saturated heterocycles. The van der Waals surface area contributed by atoms with E-state index < -0.39 is 5.97 Å². The molecular weight excluding hydrogens is 352 g/mol. The minimum absolute atomic E-state index is 0.172. The molecule has 0 bridgehead atoms. The van der Waals surface area contributed by atoms with Gasteiger partial charge >= 0.3 is 5.97 Å². The maximum atomic E-state index is 11.3. The number of aromatic carboxylic acids is 1. The van der Waals surface area contributed by atoms with E-state index in [2.05, 4.69) is 20.3 Å². The number of anilines is 2. The molecule has 0 spiro atoms. The normalized spacial score (nSPS) is 11.0. The second-order valence-corrected chi connectivity index (χ2v) is 6.25. The number of nitrogens with one attached hydrogen (secondary N) is 1. The standard InChI is InChI=1S/C19H13ClN4O2/c1-10-21-9-15-14-6-5-11(19(25)26)7-16(14)24-18(17(15)22-10)23-13-4-2-3-12(20)8-13/h2-9H,1H3,(H,23,24)(H,25,26). The summed E-state index contributed by atoms with van der Waals surface area (Å²) < 4.78 is 0. The third-order valence-corrected chi connectivity index (χ3v) is 4.22. The molecule has 2 heterocycles.